The number of thioether (sulfide) groups is 1. The smallest absolute Gasteiger partial charge is 0.0108 e. The predicted octanol–water partition coefficient (Wildman–Crippen LogP) is 3.23. The molecule has 1 N–H and O–H groups in total. The van der Waals surface area contributed by atoms with E-state index in [9.17, 15) is 0 Å². The molecule has 1 saturated carbocycles. The summed E-state index contributed by atoms with van der Waals surface area (Å²) in [6.07, 6.45) is 5.66. The lowest BCUT2D eigenvalue weighted by atomic mass is 9.69. The van der Waals surface area contributed by atoms with Crippen LogP contribution in [0.1, 0.15) is 46.5 Å². The van der Waals surface area contributed by atoms with Gasteiger partial charge in [-0.2, -0.15) is 11.8 Å². The first-order chi connectivity index (χ1) is 9.07. The van der Waals surface area contributed by atoms with Crippen LogP contribution in [0.2, 0.25) is 0 Å². The van der Waals surface area contributed by atoms with Gasteiger partial charge in [0.25, 0.3) is 0 Å². The minimum absolute atomic E-state index is 0.458. The molecule has 2 nitrogen and oxygen atoms in total. The number of nitrogens with zero attached hydrogens (tertiary/aromatic N) is 1. The van der Waals surface area contributed by atoms with Gasteiger partial charge in [-0.1, -0.05) is 33.6 Å². The van der Waals surface area contributed by atoms with Gasteiger partial charge in [-0.15, -0.1) is 0 Å². The SMILES string of the molecule is CC(C)(C)C1CCCCC1NCCN1CCSCC1. The molecule has 2 aliphatic rings. The fourth-order valence-electron chi connectivity index (χ4n) is 3.64. The Hall–Kier alpha value is 0.270. The van der Waals surface area contributed by atoms with Crippen LogP contribution in [0.5, 0.6) is 0 Å². The maximum Gasteiger partial charge on any atom is 0.0108 e. The molecular weight excluding hydrogens is 252 g/mol. The molecule has 0 spiro atoms. The van der Waals surface area contributed by atoms with Crippen LogP contribution >= 0.6 is 11.8 Å². The summed E-state index contributed by atoms with van der Waals surface area (Å²) in [5.74, 6) is 3.51. The van der Waals surface area contributed by atoms with Gasteiger partial charge in [0.1, 0.15) is 0 Å². The molecule has 2 fully saturated rings. The molecule has 0 bridgehead atoms. The first-order valence-electron chi connectivity index (χ1n) is 8.11. The van der Waals surface area contributed by atoms with Crippen LogP contribution in [0.3, 0.4) is 0 Å². The molecular formula is C16H32N2S. The Morgan fingerprint density at radius 1 is 1.11 bits per heavy atom. The quantitative estimate of drug-likeness (QED) is 0.853. The molecule has 19 heavy (non-hydrogen) atoms. The zero-order valence-electron chi connectivity index (χ0n) is 13.1. The average molecular weight is 285 g/mol. The van der Waals surface area contributed by atoms with Crippen LogP contribution in [-0.4, -0.2) is 48.6 Å². The Kier molecular flexibility index (Phi) is 6.04. The summed E-state index contributed by atoms with van der Waals surface area (Å²) in [7, 11) is 0. The van der Waals surface area contributed by atoms with Gasteiger partial charge in [0.2, 0.25) is 0 Å². The van der Waals surface area contributed by atoms with E-state index in [-0.39, 0.29) is 0 Å². The van der Waals surface area contributed by atoms with Crippen molar-refractivity contribution in [1.29, 1.82) is 0 Å². The van der Waals surface area contributed by atoms with Crippen molar-refractivity contribution >= 4 is 11.8 Å². The van der Waals surface area contributed by atoms with E-state index in [1.165, 1.54) is 63.4 Å². The van der Waals surface area contributed by atoms with Gasteiger partial charge in [0, 0.05) is 43.7 Å². The Labute approximate surface area is 124 Å². The molecule has 112 valence electrons. The number of hydrogen-bond donors (Lipinski definition) is 1. The summed E-state index contributed by atoms with van der Waals surface area (Å²) in [5.41, 5.74) is 0.458. The minimum atomic E-state index is 0.458. The van der Waals surface area contributed by atoms with Crippen molar-refractivity contribution in [3.05, 3.63) is 0 Å². The zero-order chi connectivity index (χ0) is 13.7. The summed E-state index contributed by atoms with van der Waals surface area (Å²) in [6.45, 7) is 12.3. The maximum atomic E-state index is 3.88. The van der Waals surface area contributed by atoms with Gasteiger partial charge in [0.05, 0.1) is 0 Å². The molecule has 1 saturated heterocycles. The molecule has 1 aliphatic heterocycles. The minimum Gasteiger partial charge on any atom is -0.312 e. The van der Waals surface area contributed by atoms with E-state index in [1.807, 2.05) is 0 Å². The van der Waals surface area contributed by atoms with Gasteiger partial charge in [-0.25, -0.2) is 0 Å². The van der Waals surface area contributed by atoms with Crippen molar-refractivity contribution in [2.45, 2.75) is 52.5 Å². The van der Waals surface area contributed by atoms with Gasteiger partial charge in [-0.3, -0.25) is 0 Å². The highest BCUT2D eigenvalue weighted by molar-refractivity contribution is 7.99. The van der Waals surface area contributed by atoms with E-state index in [0.717, 1.165) is 12.0 Å². The average Bonchev–Trinajstić information content (AvgIpc) is 2.39. The maximum absolute atomic E-state index is 3.88. The molecule has 0 aromatic rings. The van der Waals surface area contributed by atoms with Crippen LogP contribution in [0.25, 0.3) is 0 Å². The van der Waals surface area contributed by atoms with Gasteiger partial charge in [0.15, 0.2) is 0 Å². The molecule has 3 heteroatoms. The third kappa shape index (κ3) is 4.95. The summed E-state index contributed by atoms with van der Waals surface area (Å²) in [5, 5.41) is 3.88. The van der Waals surface area contributed by atoms with E-state index in [0.29, 0.717) is 5.41 Å². The Morgan fingerprint density at radius 2 is 1.79 bits per heavy atom. The number of hydrogen-bond acceptors (Lipinski definition) is 3. The molecule has 0 aromatic carbocycles. The highest BCUT2D eigenvalue weighted by atomic mass is 32.2. The summed E-state index contributed by atoms with van der Waals surface area (Å²) in [4.78, 5) is 2.62. The lowest BCUT2D eigenvalue weighted by Crippen LogP contribution is -2.47. The summed E-state index contributed by atoms with van der Waals surface area (Å²) >= 11 is 2.10. The Balaban J connectivity index is 1.73. The van der Waals surface area contributed by atoms with Crippen molar-refractivity contribution in [3.63, 3.8) is 0 Å². The highest BCUT2D eigenvalue weighted by Gasteiger charge is 2.33. The first kappa shape index (κ1) is 15.7. The number of nitrogens with one attached hydrogen (secondary N) is 1. The molecule has 0 amide bonds. The third-order valence-electron chi connectivity index (χ3n) is 4.82. The second-order valence-corrected chi connectivity index (χ2v) is 8.50. The van der Waals surface area contributed by atoms with Gasteiger partial charge in [-0.05, 0) is 24.2 Å². The fourth-order valence-corrected chi connectivity index (χ4v) is 4.62. The van der Waals surface area contributed by atoms with Crippen molar-refractivity contribution in [1.82, 2.24) is 10.2 Å². The molecule has 2 rings (SSSR count). The standard InChI is InChI=1S/C16H32N2S/c1-16(2,3)14-6-4-5-7-15(14)17-8-9-18-10-12-19-13-11-18/h14-15,17H,4-13H2,1-3H3. The van der Waals surface area contributed by atoms with Crippen LogP contribution < -0.4 is 5.32 Å². The highest BCUT2D eigenvalue weighted by Crippen LogP contribution is 2.37. The normalized spacial score (nSPS) is 30.5. The van der Waals surface area contributed by atoms with Gasteiger partial charge < -0.3 is 10.2 Å². The third-order valence-corrected chi connectivity index (χ3v) is 5.76. The predicted molar refractivity (Wildman–Crippen MR) is 87.0 cm³/mol. The van der Waals surface area contributed by atoms with Gasteiger partial charge >= 0.3 is 0 Å². The fraction of sp³-hybridized carbons (Fsp3) is 1.00. The van der Waals surface area contributed by atoms with Crippen molar-refractivity contribution < 1.29 is 0 Å². The molecule has 2 unspecified atom stereocenters. The second-order valence-electron chi connectivity index (χ2n) is 7.27. The van der Waals surface area contributed by atoms with Crippen molar-refractivity contribution in [2.75, 3.05) is 37.7 Å². The lowest BCUT2D eigenvalue weighted by Gasteiger charge is -2.41. The van der Waals surface area contributed by atoms with E-state index >= 15 is 0 Å². The zero-order valence-corrected chi connectivity index (χ0v) is 13.9. The van der Waals surface area contributed by atoms with Crippen LogP contribution in [0.4, 0.5) is 0 Å². The lowest BCUT2D eigenvalue weighted by molar-refractivity contribution is 0.128. The molecule has 1 aliphatic carbocycles. The topological polar surface area (TPSA) is 15.3 Å². The first-order valence-corrected chi connectivity index (χ1v) is 9.26. The number of rotatable bonds is 4. The van der Waals surface area contributed by atoms with E-state index in [1.54, 1.807) is 0 Å². The van der Waals surface area contributed by atoms with E-state index < -0.39 is 0 Å². The van der Waals surface area contributed by atoms with Crippen LogP contribution in [0.15, 0.2) is 0 Å². The van der Waals surface area contributed by atoms with E-state index in [4.69, 9.17) is 0 Å². The van der Waals surface area contributed by atoms with Crippen LogP contribution in [0, 0.1) is 11.3 Å². The molecule has 0 aromatic heterocycles. The molecule has 1 heterocycles. The molecule has 0 radical (unpaired) electrons. The second kappa shape index (κ2) is 7.33. The van der Waals surface area contributed by atoms with Crippen molar-refractivity contribution in [3.8, 4) is 0 Å². The Bertz CT molecular complexity index is 256. The molecule has 2 atom stereocenters. The van der Waals surface area contributed by atoms with E-state index in [2.05, 4.69) is 42.7 Å². The summed E-state index contributed by atoms with van der Waals surface area (Å²) in [6, 6.07) is 0.757. The van der Waals surface area contributed by atoms with Crippen molar-refractivity contribution in [2.24, 2.45) is 11.3 Å². The monoisotopic (exact) mass is 284 g/mol. The Morgan fingerprint density at radius 3 is 2.47 bits per heavy atom. The summed E-state index contributed by atoms with van der Waals surface area (Å²) < 4.78 is 0. The van der Waals surface area contributed by atoms with Crippen LogP contribution in [-0.2, 0) is 0 Å². The largest absolute Gasteiger partial charge is 0.312 e.